The Hall–Kier alpha value is -2.24. The maximum atomic E-state index is 14.0. The number of hydrogen-bond acceptors (Lipinski definition) is 2. The molecule has 1 saturated heterocycles. The molecule has 0 radical (unpaired) electrons. The van der Waals surface area contributed by atoms with Gasteiger partial charge in [0.15, 0.2) is 0 Å². The monoisotopic (exact) mass is 333 g/mol. The van der Waals surface area contributed by atoms with E-state index in [2.05, 4.69) is 10.2 Å². The van der Waals surface area contributed by atoms with E-state index in [1.165, 1.54) is 18.2 Å². The fourth-order valence-corrected chi connectivity index (χ4v) is 3.69. The lowest BCUT2D eigenvalue weighted by molar-refractivity contribution is -0.131. The number of nitrogens with zero attached hydrogens (tertiary/aromatic N) is 2. The molecule has 128 valence electrons. The smallest absolute Gasteiger partial charge is 0.229 e. The molecule has 0 saturated carbocycles. The number of aromatic nitrogens is 2. The number of H-pyrrole nitrogens is 1. The summed E-state index contributed by atoms with van der Waals surface area (Å²) in [4.78, 5) is 14.5. The number of aryl methyl sites for hydroxylation is 2. The first-order chi connectivity index (χ1) is 11.4. The van der Waals surface area contributed by atoms with Crippen LogP contribution in [0, 0.1) is 25.5 Å². The van der Waals surface area contributed by atoms with Gasteiger partial charge in [-0.1, -0.05) is 6.07 Å². The van der Waals surface area contributed by atoms with E-state index in [4.69, 9.17) is 0 Å². The number of benzene rings is 1. The Morgan fingerprint density at radius 1 is 1.33 bits per heavy atom. The first-order valence-electron chi connectivity index (χ1n) is 8.14. The highest BCUT2D eigenvalue weighted by atomic mass is 19.1. The molecule has 1 aromatic carbocycles. The molecule has 1 N–H and O–H groups in total. The third kappa shape index (κ3) is 2.81. The number of likely N-dealkylation sites (tertiary alicyclic amines) is 1. The number of nitrogens with one attached hydrogen (secondary N) is 1. The van der Waals surface area contributed by atoms with E-state index in [9.17, 15) is 13.6 Å². The highest BCUT2D eigenvalue weighted by Gasteiger charge is 2.34. The normalized spacial score (nSPS) is 18.9. The van der Waals surface area contributed by atoms with E-state index in [0.29, 0.717) is 19.5 Å². The summed E-state index contributed by atoms with van der Waals surface area (Å²) >= 11 is 0. The molecule has 6 heteroatoms. The van der Waals surface area contributed by atoms with Gasteiger partial charge in [-0.3, -0.25) is 9.89 Å². The zero-order chi connectivity index (χ0) is 17.4. The molecule has 2 unspecified atom stereocenters. The highest BCUT2D eigenvalue weighted by Crippen LogP contribution is 2.33. The SMILES string of the molecule is Cc1n[nH]c(C)c1C(C)C(=O)N1CCC(c2c(F)cccc2F)C1. The molecule has 1 fully saturated rings. The predicted molar refractivity (Wildman–Crippen MR) is 86.8 cm³/mol. The molecule has 4 nitrogen and oxygen atoms in total. The molecule has 2 aromatic rings. The molecule has 1 amide bonds. The summed E-state index contributed by atoms with van der Waals surface area (Å²) in [6.45, 7) is 6.46. The van der Waals surface area contributed by atoms with Crippen molar-refractivity contribution in [1.82, 2.24) is 15.1 Å². The Bertz CT molecular complexity index is 732. The van der Waals surface area contributed by atoms with Gasteiger partial charge in [0.25, 0.3) is 0 Å². The van der Waals surface area contributed by atoms with Crippen molar-refractivity contribution in [3.8, 4) is 0 Å². The van der Waals surface area contributed by atoms with E-state index >= 15 is 0 Å². The van der Waals surface area contributed by atoms with E-state index in [1.54, 1.807) is 4.90 Å². The van der Waals surface area contributed by atoms with E-state index in [-0.39, 0.29) is 23.3 Å². The van der Waals surface area contributed by atoms with Crippen LogP contribution in [-0.2, 0) is 4.79 Å². The third-order valence-electron chi connectivity index (χ3n) is 4.90. The molecule has 1 aromatic heterocycles. The van der Waals surface area contributed by atoms with Crippen LogP contribution in [0.2, 0.25) is 0 Å². The summed E-state index contributed by atoms with van der Waals surface area (Å²) in [6, 6.07) is 3.89. The lowest BCUT2D eigenvalue weighted by Gasteiger charge is -2.21. The van der Waals surface area contributed by atoms with Crippen LogP contribution in [0.5, 0.6) is 0 Å². The first-order valence-corrected chi connectivity index (χ1v) is 8.14. The molecule has 1 aliphatic heterocycles. The van der Waals surface area contributed by atoms with E-state index < -0.39 is 11.6 Å². The summed E-state index contributed by atoms with van der Waals surface area (Å²) in [5.41, 5.74) is 2.69. The molecular weight excluding hydrogens is 312 g/mol. The van der Waals surface area contributed by atoms with Gasteiger partial charge >= 0.3 is 0 Å². The van der Waals surface area contributed by atoms with Crippen molar-refractivity contribution in [2.75, 3.05) is 13.1 Å². The highest BCUT2D eigenvalue weighted by molar-refractivity contribution is 5.84. The van der Waals surface area contributed by atoms with Crippen LogP contribution < -0.4 is 0 Å². The van der Waals surface area contributed by atoms with Crippen LogP contribution in [0.15, 0.2) is 18.2 Å². The number of rotatable bonds is 3. The zero-order valence-electron chi connectivity index (χ0n) is 14.1. The minimum atomic E-state index is -0.538. The topological polar surface area (TPSA) is 49.0 Å². The molecule has 0 spiro atoms. The van der Waals surface area contributed by atoms with Gasteiger partial charge < -0.3 is 4.90 Å². The predicted octanol–water partition coefficient (Wildman–Crippen LogP) is 3.42. The number of amides is 1. The van der Waals surface area contributed by atoms with Crippen molar-refractivity contribution in [2.24, 2.45) is 0 Å². The van der Waals surface area contributed by atoms with E-state index in [0.717, 1.165) is 17.0 Å². The molecule has 0 aliphatic carbocycles. The first kappa shape index (κ1) is 16.6. The number of hydrogen-bond donors (Lipinski definition) is 1. The van der Waals surface area contributed by atoms with Crippen LogP contribution in [0.3, 0.4) is 0 Å². The summed E-state index contributed by atoms with van der Waals surface area (Å²) < 4.78 is 27.9. The zero-order valence-corrected chi connectivity index (χ0v) is 14.1. The van der Waals surface area contributed by atoms with Gasteiger partial charge in [-0.2, -0.15) is 5.10 Å². The van der Waals surface area contributed by atoms with Gasteiger partial charge in [-0.25, -0.2) is 8.78 Å². The maximum Gasteiger partial charge on any atom is 0.229 e. The molecule has 2 atom stereocenters. The minimum Gasteiger partial charge on any atom is -0.342 e. The number of halogens is 2. The summed E-state index contributed by atoms with van der Waals surface area (Å²) in [6.07, 6.45) is 0.569. The average Bonchev–Trinajstić information content (AvgIpc) is 3.13. The fraction of sp³-hybridized carbons (Fsp3) is 0.444. The van der Waals surface area contributed by atoms with Gasteiger partial charge in [0.1, 0.15) is 11.6 Å². The molecule has 3 rings (SSSR count). The molecule has 2 heterocycles. The molecule has 0 bridgehead atoms. The summed E-state index contributed by atoms with van der Waals surface area (Å²) in [7, 11) is 0. The van der Waals surface area contributed by atoms with Crippen LogP contribution in [-0.4, -0.2) is 34.1 Å². The van der Waals surface area contributed by atoms with Crippen molar-refractivity contribution >= 4 is 5.91 Å². The number of carbonyl (C=O) groups is 1. The maximum absolute atomic E-state index is 14.0. The van der Waals surface area contributed by atoms with Gasteiger partial charge in [-0.15, -0.1) is 0 Å². The largest absolute Gasteiger partial charge is 0.342 e. The van der Waals surface area contributed by atoms with Gasteiger partial charge in [0, 0.05) is 35.8 Å². The van der Waals surface area contributed by atoms with Crippen LogP contribution >= 0.6 is 0 Å². The number of aromatic amines is 1. The second kappa shape index (κ2) is 6.34. The Morgan fingerprint density at radius 3 is 2.58 bits per heavy atom. The Morgan fingerprint density at radius 2 is 2.00 bits per heavy atom. The second-order valence-electron chi connectivity index (χ2n) is 6.47. The van der Waals surface area contributed by atoms with Crippen molar-refractivity contribution in [1.29, 1.82) is 0 Å². The van der Waals surface area contributed by atoms with E-state index in [1.807, 2.05) is 20.8 Å². The van der Waals surface area contributed by atoms with Crippen molar-refractivity contribution in [3.05, 3.63) is 52.3 Å². The van der Waals surface area contributed by atoms with Crippen LogP contribution in [0.25, 0.3) is 0 Å². The van der Waals surface area contributed by atoms with Gasteiger partial charge in [-0.05, 0) is 39.3 Å². The molecule has 24 heavy (non-hydrogen) atoms. The Labute approximate surface area is 139 Å². The lowest BCUT2D eigenvalue weighted by atomic mass is 9.96. The quantitative estimate of drug-likeness (QED) is 0.935. The average molecular weight is 333 g/mol. The summed E-state index contributed by atoms with van der Waals surface area (Å²) in [5, 5.41) is 7.03. The van der Waals surface area contributed by atoms with Crippen molar-refractivity contribution in [2.45, 2.75) is 39.0 Å². The minimum absolute atomic E-state index is 0.0261. The molecule has 1 aliphatic rings. The third-order valence-corrected chi connectivity index (χ3v) is 4.90. The van der Waals surface area contributed by atoms with Crippen LogP contribution in [0.1, 0.15) is 47.7 Å². The van der Waals surface area contributed by atoms with Crippen LogP contribution in [0.4, 0.5) is 8.78 Å². The van der Waals surface area contributed by atoms with Crippen molar-refractivity contribution in [3.63, 3.8) is 0 Å². The fourth-order valence-electron chi connectivity index (χ4n) is 3.69. The lowest BCUT2D eigenvalue weighted by Crippen LogP contribution is -2.32. The van der Waals surface area contributed by atoms with Gasteiger partial charge in [0.05, 0.1) is 11.6 Å². The Kier molecular flexibility index (Phi) is 4.39. The van der Waals surface area contributed by atoms with Crippen molar-refractivity contribution < 1.29 is 13.6 Å². The second-order valence-corrected chi connectivity index (χ2v) is 6.47. The Balaban J connectivity index is 1.77. The molecular formula is C18H21F2N3O. The summed E-state index contributed by atoms with van der Waals surface area (Å²) in [5.74, 6) is -1.73. The number of carbonyl (C=O) groups excluding carboxylic acids is 1. The van der Waals surface area contributed by atoms with Gasteiger partial charge in [0.2, 0.25) is 5.91 Å². The standard InChI is InChI=1S/C18H21F2N3O/c1-10(16-11(2)21-22-12(16)3)18(24)23-8-7-13(9-23)17-14(19)5-4-6-15(17)20/h4-6,10,13H,7-9H2,1-3H3,(H,21,22).